The highest BCUT2D eigenvalue weighted by atomic mass is 32.2. The number of nitrogens with one attached hydrogen (secondary N) is 1. The first kappa shape index (κ1) is 20.8. The summed E-state index contributed by atoms with van der Waals surface area (Å²) < 4.78 is 27.0. The van der Waals surface area contributed by atoms with Crippen LogP contribution in [0.2, 0.25) is 0 Å². The molecule has 3 rings (SSSR count). The molecule has 154 valence electrons. The van der Waals surface area contributed by atoms with Crippen molar-refractivity contribution in [1.82, 2.24) is 9.73 Å². The summed E-state index contributed by atoms with van der Waals surface area (Å²) in [6, 6.07) is 9.88. The van der Waals surface area contributed by atoms with Gasteiger partial charge in [0.15, 0.2) is 0 Å². The second kappa shape index (κ2) is 8.62. The molecule has 8 nitrogen and oxygen atoms in total. The quantitative estimate of drug-likeness (QED) is 0.510. The van der Waals surface area contributed by atoms with Crippen molar-refractivity contribution in [3.8, 4) is 11.5 Å². The maximum atomic E-state index is 12.8. The number of nitrogens with zero attached hydrogens (tertiary/aromatic N) is 2. The van der Waals surface area contributed by atoms with E-state index in [0.29, 0.717) is 24.4 Å². The molecule has 1 heterocycles. The summed E-state index contributed by atoms with van der Waals surface area (Å²) in [4.78, 5) is 12.5. The van der Waals surface area contributed by atoms with Crippen LogP contribution in [0.5, 0.6) is 11.5 Å². The molecule has 9 heteroatoms. The first-order valence-corrected chi connectivity index (χ1v) is 10.7. The summed E-state index contributed by atoms with van der Waals surface area (Å²) in [5.74, 6) is -0.830. The number of phenolic OH excluding ortho intramolecular Hbond substituents is 2. The predicted octanol–water partition coefficient (Wildman–Crippen LogP) is 2.43. The van der Waals surface area contributed by atoms with Crippen LogP contribution >= 0.6 is 0 Å². The number of carbonyl (C=O) groups excluding carboxylic acids is 1. The van der Waals surface area contributed by atoms with Gasteiger partial charge in [-0.1, -0.05) is 12.5 Å². The van der Waals surface area contributed by atoms with E-state index < -0.39 is 15.9 Å². The number of carbonyl (C=O) groups is 1. The monoisotopic (exact) mass is 417 g/mol. The van der Waals surface area contributed by atoms with E-state index in [-0.39, 0.29) is 22.0 Å². The summed E-state index contributed by atoms with van der Waals surface area (Å²) in [6.45, 7) is 2.56. The highest BCUT2D eigenvalue weighted by Crippen LogP contribution is 2.23. The molecule has 29 heavy (non-hydrogen) atoms. The van der Waals surface area contributed by atoms with Crippen molar-refractivity contribution in [3.05, 3.63) is 53.6 Å². The number of hydrogen-bond acceptors (Lipinski definition) is 6. The number of amides is 1. The van der Waals surface area contributed by atoms with Gasteiger partial charge in [0.2, 0.25) is 10.0 Å². The molecule has 1 amide bonds. The van der Waals surface area contributed by atoms with Crippen LogP contribution in [-0.4, -0.2) is 47.6 Å². The lowest BCUT2D eigenvalue weighted by atomic mass is 10.1. The molecule has 0 unspecified atom stereocenters. The minimum absolute atomic E-state index is 0.0731. The molecule has 1 aliphatic heterocycles. The number of hydrogen-bond donors (Lipinski definition) is 3. The van der Waals surface area contributed by atoms with Gasteiger partial charge in [0.1, 0.15) is 11.5 Å². The van der Waals surface area contributed by atoms with Gasteiger partial charge in [-0.25, -0.2) is 13.8 Å². The fraction of sp³-hybridized carbons (Fsp3) is 0.300. The average molecular weight is 417 g/mol. The Balaban J connectivity index is 1.77. The van der Waals surface area contributed by atoms with Crippen molar-refractivity contribution in [2.24, 2.45) is 5.10 Å². The Labute approximate surface area is 169 Å². The lowest BCUT2D eigenvalue weighted by molar-refractivity contribution is 0.0954. The molecule has 0 aliphatic carbocycles. The van der Waals surface area contributed by atoms with E-state index in [1.165, 1.54) is 46.8 Å². The van der Waals surface area contributed by atoms with Crippen LogP contribution in [0.25, 0.3) is 0 Å². The first-order valence-electron chi connectivity index (χ1n) is 9.26. The van der Waals surface area contributed by atoms with Crippen molar-refractivity contribution in [2.45, 2.75) is 31.1 Å². The smallest absolute Gasteiger partial charge is 0.271 e. The Morgan fingerprint density at radius 3 is 2.48 bits per heavy atom. The number of hydrazone groups is 1. The van der Waals surface area contributed by atoms with Gasteiger partial charge in [0, 0.05) is 30.3 Å². The molecule has 1 saturated heterocycles. The molecular weight excluding hydrogens is 394 g/mol. The summed E-state index contributed by atoms with van der Waals surface area (Å²) in [7, 11) is -3.64. The molecule has 0 spiro atoms. The van der Waals surface area contributed by atoms with Gasteiger partial charge >= 0.3 is 0 Å². The van der Waals surface area contributed by atoms with E-state index in [2.05, 4.69) is 10.5 Å². The Morgan fingerprint density at radius 1 is 1.07 bits per heavy atom. The third-order valence-electron chi connectivity index (χ3n) is 4.75. The third kappa shape index (κ3) is 4.75. The Hall–Kier alpha value is -2.91. The number of benzene rings is 2. The second-order valence-corrected chi connectivity index (χ2v) is 8.77. The normalized spacial score (nSPS) is 15.8. The molecule has 0 atom stereocenters. The van der Waals surface area contributed by atoms with Gasteiger partial charge < -0.3 is 10.2 Å². The van der Waals surface area contributed by atoms with Crippen molar-refractivity contribution >= 4 is 21.6 Å². The summed E-state index contributed by atoms with van der Waals surface area (Å²) in [5, 5.41) is 23.2. The minimum Gasteiger partial charge on any atom is -0.508 e. The zero-order valence-corrected chi connectivity index (χ0v) is 16.8. The van der Waals surface area contributed by atoms with Crippen LogP contribution in [0.15, 0.2) is 52.5 Å². The molecule has 0 radical (unpaired) electrons. The number of aromatic hydroxyl groups is 2. The summed E-state index contributed by atoms with van der Waals surface area (Å²) in [5.41, 5.74) is 3.20. The number of rotatable bonds is 5. The summed E-state index contributed by atoms with van der Waals surface area (Å²) in [6.07, 6.45) is 2.68. The lowest BCUT2D eigenvalue weighted by Crippen LogP contribution is -2.35. The maximum Gasteiger partial charge on any atom is 0.271 e. The number of phenols is 2. The number of piperidine rings is 1. The Kier molecular flexibility index (Phi) is 6.19. The lowest BCUT2D eigenvalue weighted by Gasteiger charge is -2.25. The van der Waals surface area contributed by atoms with Crippen LogP contribution in [0.3, 0.4) is 0 Å². The minimum atomic E-state index is -3.64. The van der Waals surface area contributed by atoms with Gasteiger partial charge in [-0.2, -0.15) is 9.41 Å². The van der Waals surface area contributed by atoms with Crippen LogP contribution in [-0.2, 0) is 10.0 Å². The van der Waals surface area contributed by atoms with E-state index in [1.807, 2.05) is 0 Å². The highest BCUT2D eigenvalue weighted by molar-refractivity contribution is 7.89. The molecular formula is C20H23N3O5S. The molecule has 3 N–H and O–H groups in total. The van der Waals surface area contributed by atoms with E-state index in [4.69, 9.17) is 0 Å². The fourth-order valence-corrected chi connectivity index (χ4v) is 4.70. The van der Waals surface area contributed by atoms with Crippen LogP contribution in [0, 0.1) is 0 Å². The zero-order chi connectivity index (χ0) is 21.0. The number of sulfonamides is 1. The highest BCUT2D eigenvalue weighted by Gasteiger charge is 2.26. The fourth-order valence-electron chi connectivity index (χ4n) is 3.14. The van der Waals surface area contributed by atoms with Crippen LogP contribution in [0.4, 0.5) is 0 Å². The summed E-state index contributed by atoms with van der Waals surface area (Å²) >= 11 is 0. The third-order valence-corrected chi connectivity index (χ3v) is 6.64. The van der Waals surface area contributed by atoms with Crippen molar-refractivity contribution < 1.29 is 23.4 Å². The van der Waals surface area contributed by atoms with E-state index in [0.717, 1.165) is 19.3 Å². The Bertz CT molecular complexity index is 1040. The Morgan fingerprint density at radius 2 is 1.79 bits per heavy atom. The van der Waals surface area contributed by atoms with Crippen LogP contribution < -0.4 is 5.43 Å². The molecule has 2 aromatic carbocycles. The molecule has 1 fully saturated rings. The molecule has 0 saturated carbocycles. The van der Waals surface area contributed by atoms with Gasteiger partial charge in [-0.05, 0) is 50.1 Å². The molecule has 1 aliphatic rings. The molecule has 0 bridgehead atoms. The maximum absolute atomic E-state index is 12.8. The SMILES string of the molecule is C/C(=N\NC(=O)c1cccc(S(=O)(=O)N2CCCCC2)c1)c1ccc(O)cc1O. The first-order chi connectivity index (χ1) is 13.8. The van der Waals surface area contributed by atoms with E-state index in [9.17, 15) is 23.4 Å². The van der Waals surface area contributed by atoms with E-state index >= 15 is 0 Å². The second-order valence-electron chi connectivity index (χ2n) is 6.83. The predicted molar refractivity (Wildman–Crippen MR) is 109 cm³/mol. The van der Waals surface area contributed by atoms with Crippen molar-refractivity contribution in [1.29, 1.82) is 0 Å². The van der Waals surface area contributed by atoms with Gasteiger partial charge in [0.05, 0.1) is 10.6 Å². The van der Waals surface area contributed by atoms with Crippen molar-refractivity contribution in [2.75, 3.05) is 13.1 Å². The van der Waals surface area contributed by atoms with Gasteiger partial charge in [-0.15, -0.1) is 0 Å². The van der Waals surface area contributed by atoms with Crippen LogP contribution in [0.1, 0.15) is 42.1 Å². The van der Waals surface area contributed by atoms with Gasteiger partial charge in [-0.3, -0.25) is 4.79 Å². The van der Waals surface area contributed by atoms with Crippen molar-refractivity contribution in [3.63, 3.8) is 0 Å². The molecule has 0 aromatic heterocycles. The van der Waals surface area contributed by atoms with E-state index in [1.54, 1.807) is 6.92 Å². The largest absolute Gasteiger partial charge is 0.508 e. The topological polar surface area (TPSA) is 119 Å². The average Bonchev–Trinajstić information content (AvgIpc) is 2.72. The standard InChI is InChI=1S/C20H23N3O5S/c1-14(18-9-8-16(24)13-19(18)25)21-22-20(26)15-6-5-7-17(12-15)29(27,28)23-10-3-2-4-11-23/h5-9,12-13,24-25H,2-4,10-11H2,1H3,(H,22,26)/b21-14+. The zero-order valence-electron chi connectivity index (χ0n) is 16.0. The molecule has 2 aromatic rings. The van der Waals surface area contributed by atoms with Gasteiger partial charge in [0.25, 0.3) is 5.91 Å².